The van der Waals surface area contributed by atoms with Gasteiger partial charge in [0.05, 0.1) is 15.5 Å². The molecule has 1 aliphatic rings. The number of carbonyl (C=O) groups is 1. The Balaban J connectivity index is 2.56. The molecule has 18 heavy (non-hydrogen) atoms. The van der Waals surface area contributed by atoms with Gasteiger partial charge in [-0.1, -0.05) is 11.6 Å². The first kappa shape index (κ1) is 12.6. The molecule has 96 valence electrons. The first-order valence-corrected chi connectivity index (χ1v) is 5.84. The van der Waals surface area contributed by atoms with Crippen LogP contribution < -0.4 is 4.90 Å². The molecule has 1 N–H and O–H groups in total. The monoisotopic (exact) mass is 270 g/mol. The average molecular weight is 271 g/mol. The molecule has 1 heterocycles. The van der Waals surface area contributed by atoms with E-state index in [1.807, 2.05) is 4.90 Å². The van der Waals surface area contributed by atoms with Crippen LogP contribution in [0.1, 0.15) is 23.2 Å². The summed E-state index contributed by atoms with van der Waals surface area (Å²) in [7, 11) is 0. The highest BCUT2D eigenvalue weighted by Crippen LogP contribution is 2.38. The smallest absolute Gasteiger partial charge is 0.335 e. The van der Waals surface area contributed by atoms with Gasteiger partial charge < -0.3 is 10.0 Å². The van der Waals surface area contributed by atoms with Crippen LogP contribution in [0.15, 0.2) is 12.1 Å². The summed E-state index contributed by atoms with van der Waals surface area (Å²) in [6.07, 6.45) is 1.91. The van der Waals surface area contributed by atoms with E-state index in [-0.39, 0.29) is 16.3 Å². The van der Waals surface area contributed by atoms with Gasteiger partial charge in [-0.2, -0.15) is 0 Å². The van der Waals surface area contributed by atoms with Gasteiger partial charge in [0.1, 0.15) is 5.69 Å². The number of aromatic carboxylic acids is 1. The first-order chi connectivity index (χ1) is 8.50. The number of hydrogen-bond acceptors (Lipinski definition) is 4. The predicted molar refractivity (Wildman–Crippen MR) is 66.5 cm³/mol. The van der Waals surface area contributed by atoms with Gasteiger partial charge in [0.25, 0.3) is 5.69 Å². The van der Waals surface area contributed by atoms with Crippen LogP contribution in [0.2, 0.25) is 5.02 Å². The largest absolute Gasteiger partial charge is 0.478 e. The van der Waals surface area contributed by atoms with Crippen molar-refractivity contribution in [3.05, 3.63) is 32.8 Å². The third-order valence-electron chi connectivity index (χ3n) is 2.91. The highest BCUT2D eigenvalue weighted by molar-refractivity contribution is 6.34. The number of rotatable bonds is 3. The van der Waals surface area contributed by atoms with Crippen molar-refractivity contribution in [3.8, 4) is 0 Å². The summed E-state index contributed by atoms with van der Waals surface area (Å²) in [6, 6.07) is 2.31. The molecular weight excluding hydrogens is 260 g/mol. The van der Waals surface area contributed by atoms with Crippen LogP contribution >= 0.6 is 11.6 Å². The summed E-state index contributed by atoms with van der Waals surface area (Å²) in [4.78, 5) is 23.1. The Labute approximate surface area is 108 Å². The van der Waals surface area contributed by atoms with E-state index in [2.05, 4.69) is 0 Å². The number of nitro groups is 1. The maximum absolute atomic E-state index is 11.0. The van der Waals surface area contributed by atoms with E-state index < -0.39 is 10.9 Å². The van der Waals surface area contributed by atoms with Crippen LogP contribution in [0.5, 0.6) is 0 Å². The van der Waals surface area contributed by atoms with E-state index in [1.54, 1.807) is 0 Å². The number of hydrogen-bond donors (Lipinski definition) is 1. The Bertz CT molecular complexity index is 512. The molecule has 7 heteroatoms. The quantitative estimate of drug-likeness (QED) is 0.674. The minimum absolute atomic E-state index is 0.114. The average Bonchev–Trinajstić information content (AvgIpc) is 2.80. The fourth-order valence-corrected chi connectivity index (χ4v) is 2.43. The summed E-state index contributed by atoms with van der Waals surface area (Å²) in [5, 5.41) is 20.0. The molecule has 0 spiro atoms. The van der Waals surface area contributed by atoms with Crippen molar-refractivity contribution in [2.75, 3.05) is 18.0 Å². The number of anilines is 1. The van der Waals surface area contributed by atoms with Crippen LogP contribution in [0.3, 0.4) is 0 Å². The zero-order chi connectivity index (χ0) is 13.3. The van der Waals surface area contributed by atoms with Crippen LogP contribution in [0.4, 0.5) is 11.4 Å². The number of benzene rings is 1. The lowest BCUT2D eigenvalue weighted by Gasteiger charge is -2.19. The summed E-state index contributed by atoms with van der Waals surface area (Å²) in [5.74, 6) is -1.23. The minimum atomic E-state index is -1.23. The molecular formula is C11H11ClN2O4. The molecule has 0 unspecified atom stereocenters. The van der Waals surface area contributed by atoms with Crippen LogP contribution in [-0.4, -0.2) is 29.1 Å². The molecule has 0 aliphatic carbocycles. The van der Waals surface area contributed by atoms with Gasteiger partial charge in [0, 0.05) is 19.2 Å². The Hall–Kier alpha value is -1.82. The van der Waals surface area contributed by atoms with Crippen LogP contribution in [-0.2, 0) is 0 Å². The molecule has 0 atom stereocenters. The summed E-state index contributed by atoms with van der Waals surface area (Å²) >= 11 is 5.99. The van der Waals surface area contributed by atoms with Gasteiger partial charge >= 0.3 is 5.97 Å². The van der Waals surface area contributed by atoms with Crippen molar-refractivity contribution in [1.29, 1.82) is 0 Å². The van der Waals surface area contributed by atoms with Crippen molar-refractivity contribution >= 4 is 28.9 Å². The molecule has 6 nitrogen and oxygen atoms in total. The van der Waals surface area contributed by atoms with E-state index in [9.17, 15) is 14.9 Å². The number of carboxylic acids is 1. The molecule has 1 saturated heterocycles. The SMILES string of the molecule is O=C(O)c1cc(Cl)c(N2CCCC2)c([N+](=O)[O-])c1. The molecule has 1 fully saturated rings. The molecule has 0 bridgehead atoms. The van der Waals surface area contributed by atoms with E-state index in [0.717, 1.165) is 18.9 Å². The molecule has 1 aliphatic heterocycles. The Kier molecular flexibility index (Phi) is 3.38. The second kappa shape index (κ2) is 4.81. The molecule has 0 radical (unpaired) electrons. The maximum atomic E-state index is 11.0. The Morgan fingerprint density at radius 2 is 2.00 bits per heavy atom. The standard InChI is InChI=1S/C11H11ClN2O4/c12-8-5-7(11(15)16)6-9(14(17)18)10(8)13-3-1-2-4-13/h5-6H,1-4H2,(H,15,16). The second-order valence-corrected chi connectivity index (χ2v) is 4.49. The zero-order valence-corrected chi connectivity index (χ0v) is 10.2. The van der Waals surface area contributed by atoms with Crippen molar-refractivity contribution in [2.45, 2.75) is 12.8 Å². The fraction of sp³-hybridized carbons (Fsp3) is 0.364. The van der Waals surface area contributed by atoms with Gasteiger partial charge in [0.15, 0.2) is 0 Å². The Morgan fingerprint density at radius 3 is 2.50 bits per heavy atom. The van der Waals surface area contributed by atoms with Gasteiger partial charge in [-0.3, -0.25) is 10.1 Å². The van der Waals surface area contributed by atoms with Crippen molar-refractivity contribution in [3.63, 3.8) is 0 Å². The molecule has 1 aromatic carbocycles. The molecule has 2 rings (SSSR count). The molecule has 1 aromatic rings. The van der Waals surface area contributed by atoms with Gasteiger partial charge in [0.2, 0.25) is 0 Å². The summed E-state index contributed by atoms with van der Waals surface area (Å²) < 4.78 is 0. The third kappa shape index (κ3) is 2.24. The van der Waals surface area contributed by atoms with Crippen molar-refractivity contribution in [1.82, 2.24) is 0 Å². The predicted octanol–water partition coefficient (Wildman–Crippen LogP) is 2.55. The van der Waals surface area contributed by atoms with Crippen LogP contribution in [0.25, 0.3) is 0 Å². The first-order valence-electron chi connectivity index (χ1n) is 5.47. The summed E-state index contributed by atoms with van der Waals surface area (Å²) in [6.45, 7) is 1.40. The van der Waals surface area contributed by atoms with Gasteiger partial charge in [-0.25, -0.2) is 4.79 Å². The normalized spacial score (nSPS) is 14.8. The summed E-state index contributed by atoms with van der Waals surface area (Å²) in [5.41, 5.74) is -0.0967. The lowest BCUT2D eigenvalue weighted by atomic mass is 10.1. The molecule has 0 aromatic heterocycles. The van der Waals surface area contributed by atoms with E-state index in [0.29, 0.717) is 18.8 Å². The van der Waals surface area contributed by atoms with Crippen molar-refractivity contribution < 1.29 is 14.8 Å². The Morgan fingerprint density at radius 1 is 1.39 bits per heavy atom. The topological polar surface area (TPSA) is 83.7 Å². The maximum Gasteiger partial charge on any atom is 0.335 e. The minimum Gasteiger partial charge on any atom is -0.478 e. The molecule has 0 saturated carbocycles. The number of carboxylic acid groups (broad SMARTS) is 1. The lowest BCUT2D eigenvalue weighted by Crippen LogP contribution is -2.19. The number of halogens is 1. The fourth-order valence-electron chi connectivity index (χ4n) is 2.10. The van der Waals surface area contributed by atoms with E-state index >= 15 is 0 Å². The lowest BCUT2D eigenvalue weighted by molar-refractivity contribution is -0.384. The number of nitrogens with zero attached hydrogens (tertiary/aromatic N) is 2. The third-order valence-corrected chi connectivity index (χ3v) is 3.20. The highest BCUT2D eigenvalue weighted by atomic mass is 35.5. The number of nitro benzene ring substituents is 1. The van der Waals surface area contributed by atoms with Crippen LogP contribution in [0, 0.1) is 10.1 Å². The zero-order valence-electron chi connectivity index (χ0n) is 9.43. The van der Waals surface area contributed by atoms with Crippen molar-refractivity contribution in [2.24, 2.45) is 0 Å². The van der Waals surface area contributed by atoms with Gasteiger partial charge in [-0.15, -0.1) is 0 Å². The highest BCUT2D eigenvalue weighted by Gasteiger charge is 2.27. The van der Waals surface area contributed by atoms with E-state index in [1.165, 1.54) is 6.07 Å². The van der Waals surface area contributed by atoms with E-state index in [4.69, 9.17) is 16.7 Å². The second-order valence-electron chi connectivity index (χ2n) is 4.08. The van der Waals surface area contributed by atoms with Gasteiger partial charge in [-0.05, 0) is 18.9 Å². The molecule has 0 amide bonds.